The van der Waals surface area contributed by atoms with E-state index in [0.29, 0.717) is 10.5 Å². The van der Waals surface area contributed by atoms with Crippen molar-refractivity contribution in [1.29, 1.82) is 0 Å². The molecular formula is C21H30N2O8. The Morgan fingerprint density at radius 1 is 0.935 bits per heavy atom. The molecule has 1 aromatic rings. The van der Waals surface area contributed by atoms with Crippen LogP contribution in [0.2, 0.25) is 0 Å². The molecule has 1 unspecified atom stereocenters. The van der Waals surface area contributed by atoms with Gasteiger partial charge in [0.25, 0.3) is 0 Å². The van der Waals surface area contributed by atoms with Crippen molar-refractivity contribution >= 4 is 24.2 Å². The molecule has 0 spiro atoms. The lowest BCUT2D eigenvalue weighted by molar-refractivity contribution is -0.139. The number of nitrogens with one attached hydrogen (secondary N) is 1. The Labute approximate surface area is 181 Å². The van der Waals surface area contributed by atoms with Crippen molar-refractivity contribution in [2.24, 2.45) is 0 Å². The van der Waals surface area contributed by atoms with Crippen molar-refractivity contribution in [2.45, 2.75) is 65.4 Å². The van der Waals surface area contributed by atoms with E-state index >= 15 is 0 Å². The van der Waals surface area contributed by atoms with Gasteiger partial charge in [0.15, 0.2) is 0 Å². The normalized spacial score (nSPS) is 12.3. The predicted octanol–water partition coefficient (Wildman–Crippen LogP) is 3.54. The van der Waals surface area contributed by atoms with Gasteiger partial charge in [-0.2, -0.15) is 0 Å². The molecule has 31 heavy (non-hydrogen) atoms. The molecule has 2 N–H and O–H groups in total. The van der Waals surface area contributed by atoms with Crippen molar-refractivity contribution in [3.05, 3.63) is 35.9 Å². The minimum atomic E-state index is -1.65. The Bertz CT molecular complexity index is 753. The maximum Gasteiger partial charge on any atom is 0.419 e. The number of rotatable bonds is 6. The first kappa shape index (κ1) is 25.7. The summed E-state index contributed by atoms with van der Waals surface area (Å²) in [6.07, 6.45) is -3.23. The smallest absolute Gasteiger partial charge is 0.419 e. The lowest BCUT2D eigenvalue weighted by Crippen LogP contribution is -2.53. The lowest BCUT2D eigenvalue weighted by atomic mass is 10.2. The lowest BCUT2D eigenvalue weighted by Gasteiger charge is -2.30. The molecule has 0 aliphatic carbocycles. The molecule has 3 amide bonds. The maximum atomic E-state index is 12.5. The molecule has 10 nitrogen and oxygen atoms in total. The van der Waals surface area contributed by atoms with Crippen LogP contribution in [-0.4, -0.2) is 58.0 Å². The molecule has 1 rings (SSSR count). The molecule has 1 atom stereocenters. The van der Waals surface area contributed by atoms with Crippen LogP contribution in [0.3, 0.4) is 0 Å². The molecule has 172 valence electrons. The van der Waals surface area contributed by atoms with Crippen LogP contribution in [0.15, 0.2) is 30.3 Å². The average Bonchev–Trinajstić information content (AvgIpc) is 2.60. The van der Waals surface area contributed by atoms with Gasteiger partial charge in [-0.3, -0.25) is 0 Å². The molecule has 1 aromatic carbocycles. The number of benzene rings is 1. The van der Waals surface area contributed by atoms with Gasteiger partial charge in [0, 0.05) is 0 Å². The fourth-order valence-electron chi connectivity index (χ4n) is 2.13. The van der Waals surface area contributed by atoms with E-state index in [1.54, 1.807) is 71.9 Å². The van der Waals surface area contributed by atoms with Gasteiger partial charge in [0.2, 0.25) is 0 Å². The molecule has 0 aliphatic heterocycles. The van der Waals surface area contributed by atoms with Gasteiger partial charge in [-0.1, -0.05) is 30.3 Å². The largest absolute Gasteiger partial charge is 0.480 e. The van der Waals surface area contributed by atoms with Gasteiger partial charge in [0.1, 0.15) is 23.9 Å². The standard InChI is InChI=1S/C21H30N2O8/c1-20(2,3)30-18(27)23(19(28)31-21(4,5)6)12-15(16(24)25)22-17(26)29-13-14-10-8-7-9-11-14/h7-11,15H,12-13H2,1-6H3,(H,22,26)(H,24,25). The van der Waals surface area contributed by atoms with Crippen molar-refractivity contribution in [3.8, 4) is 0 Å². The average molecular weight is 438 g/mol. The molecule has 0 radical (unpaired) electrons. The molecule has 0 saturated carbocycles. The van der Waals surface area contributed by atoms with Crippen LogP contribution in [0, 0.1) is 0 Å². The first-order valence-corrected chi connectivity index (χ1v) is 9.61. The minimum absolute atomic E-state index is 0.0825. The highest BCUT2D eigenvalue weighted by Crippen LogP contribution is 2.15. The first-order chi connectivity index (χ1) is 14.2. The number of alkyl carbamates (subject to hydrolysis) is 1. The summed E-state index contributed by atoms with van der Waals surface area (Å²) in [5, 5.41) is 11.6. The van der Waals surface area contributed by atoms with E-state index in [1.807, 2.05) is 0 Å². The highest BCUT2D eigenvalue weighted by Gasteiger charge is 2.35. The summed E-state index contributed by atoms with van der Waals surface area (Å²) >= 11 is 0. The number of hydrogen-bond acceptors (Lipinski definition) is 7. The van der Waals surface area contributed by atoms with Gasteiger partial charge in [-0.25, -0.2) is 24.1 Å². The Hall–Kier alpha value is -3.30. The predicted molar refractivity (Wildman–Crippen MR) is 110 cm³/mol. The van der Waals surface area contributed by atoms with E-state index in [0.717, 1.165) is 0 Å². The second-order valence-electron chi connectivity index (χ2n) is 8.67. The number of hydrogen-bond donors (Lipinski definition) is 2. The first-order valence-electron chi connectivity index (χ1n) is 9.61. The Balaban J connectivity index is 2.91. The third kappa shape index (κ3) is 10.3. The zero-order chi connectivity index (χ0) is 23.8. The third-order valence-electron chi connectivity index (χ3n) is 3.40. The summed E-state index contributed by atoms with van der Waals surface area (Å²) in [6, 6.07) is 7.13. The summed E-state index contributed by atoms with van der Waals surface area (Å²) in [4.78, 5) is 49.2. The SMILES string of the molecule is CC(C)(C)OC(=O)N(CC(NC(=O)OCc1ccccc1)C(=O)O)C(=O)OC(C)(C)C. The maximum absolute atomic E-state index is 12.5. The van der Waals surface area contributed by atoms with Crippen LogP contribution in [-0.2, 0) is 25.6 Å². The summed E-state index contributed by atoms with van der Waals surface area (Å²) in [5.74, 6) is -1.48. The second kappa shape index (κ2) is 10.6. The summed E-state index contributed by atoms with van der Waals surface area (Å²) in [7, 11) is 0. The number of carboxylic acid groups (broad SMARTS) is 1. The number of carbonyl (C=O) groups excluding carboxylic acids is 3. The molecule has 0 aliphatic rings. The summed E-state index contributed by atoms with van der Waals surface area (Å²) in [5.41, 5.74) is -1.19. The summed E-state index contributed by atoms with van der Waals surface area (Å²) in [6.45, 7) is 8.73. The van der Waals surface area contributed by atoms with Crippen molar-refractivity contribution in [3.63, 3.8) is 0 Å². The number of nitrogens with zero attached hydrogens (tertiary/aromatic N) is 1. The zero-order valence-electron chi connectivity index (χ0n) is 18.6. The minimum Gasteiger partial charge on any atom is -0.480 e. The molecule has 0 fully saturated rings. The van der Waals surface area contributed by atoms with Crippen molar-refractivity contribution in [2.75, 3.05) is 6.54 Å². The topological polar surface area (TPSA) is 131 Å². The molecule has 0 bridgehead atoms. The van der Waals surface area contributed by atoms with E-state index in [9.17, 15) is 24.3 Å². The van der Waals surface area contributed by atoms with Crippen LogP contribution in [0.5, 0.6) is 0 Å². The Morgan fingerprint density at radius 2 is 1.42 bits per heavy atom. The van der Waals surface area contributed by atoms with Crippen molar-refractivity contribution < 1.29 is 38.5 Å². The van der Waals surface area contributed by atoms with E-state index in [2.05, 4.69) is 5.32 Å². The molecule has 0 heterocycles. The van der Waals surface area contributed by atoms with E-state index < -0.39 is 48.0 Å². The molecule has 10 heteroatoms. The van der Waals surface area contributed by atoms with E-state index in [-0.39, 0.29) is 6.61 Å². The number of aliphatic carboxylic acids is 1. The van der Waals surface area contributed by atoms with Gasteiger partial charge >= 0.3 is 24.2 Å². The van der Waals surface area contributed by atoms with Crippen LogP contribution >= 0.6 is 0 Å². The van der Waals surface area contributed by atoms with Crippen LogP contribution in [0.25, 0.3) is 0 Å². The van der Waals surface area contributed by atoms with Gasteiger partial charge in [-0.05, 0) is 47.1 Å². The van der Waals surface area contributed by atoms with Gasteiger partial charge in [-0.15, -0.1) is 0 Å². The fraction of sp³-hybridized carbons (Fsp3) is 0.524. The molecular weight excluding hydrogens is 408 g/mol. The Morgan fingerprint density at radius 3 is 1.84 bits per heavy atom. The van der Waals surface area contributed by atoms with Crippen LogP contribution in [0.1, 0.15) is 47.1 Å². The van der Waals surface area contributed by atoms with Crippen LogP contribution in [0.4, 0.5) is 14.4 Å². The summed E-state index contributed by atoms with van der Waals surface area (Å²) < 4.78 is 15.4. The van der Waals surface area contributed by atoms with E-state index in [1.165, 1.54) is 0 Å². The second-order valence-corrected chi connectivity index (χ2v) is 8.67. The number of carbonyl (C=O) groups is 4. The van der Waals surface area contributed by atoms with Gasteiger partial charge < -0.3 is 24.6 Å². The number of imide groups is 1. The highest BCUT2D eigenvalue weighted by atomic mass is 16.6. The zero-order valence-corrected chi connectivity index (χ0v) is 18.6. The third-order valence-corrected chi connectivity index (χ3v) is 3.40. The quantitative estimate of drug-likeness (QED) is 0.645. The highest BCUT2D eigenvalue weighted by molar-refractivity contribution is 5.89. The fourth-order valence-corrected chi connectivity index (χ4v) is 2.13. The number of carboxylic acids is 1. The van der Waals surface area contributed by atoms with Gasteiger partial charge in [0.05, 0.1) is 6.54 Å². The number of amides is 3. The van der Waals surface area contributed by atoms with Crippen LogP contribution < -0.4 is 5.32 Å². The molecule has 0 saturated heterocycles. The number of ether oxygens (including phenoxy) is 3. The van der Waals surface area contributed by atoms with E-state index in [4.69, 9.17) is 14.2 Å². The monoisotopic (exact) mass is 438 g/mol. The molecule has 0 aromatic heterocycles. The van der Waals surface area contributed by atoms with Crippen molar-refractivity contribution in [1.82, 2.24) is 10.2 Å². The Kier molecular flexibility index (Phi) is 8.84.